The highest BCUT2D eigenvalue weighted by atomic mass is 79.9. The van der Waals surface area contributed by atoms with Crippen molar-refractivity contribution >= 4 is 28.1 Å². The van der Waals surface area contributed by atoms with E-state index < -0.39 is 0 Å². The van der Waals surface area contributed by atoms with Gasteiger partial charge in [0.2, 0.25) is 0 Å². The van der Waals surface area contributed by atoms with Crippen LogP contribution in [0, 0.1) is 6.92 Å². The molecule has 0 aliphatic carbocycles. The number of carbonyl (C=O) groups excluding carboxylic acids is 1. The number of aryl methyl sites for hydroxylation is 1. The molecule has 0 fully saturated rings. The molecule has 6 nitrogen and oxygen atoms in total. The van der Waals surface area contributed by atoms with Gasteiger partial charge in [0.25, 0.3) is 5.91 Å². The number of hydrazone groups is 1. The van der Waals surface area contributed by atoms with Crippen LogP contribution >= 0.6 is 15.9 Å². The fraction of sp³-hybridized carbons (Fsp3) is 0.222. The fourth-order valence-electron chi connectivity index (χ4n) is 2.04. The molecule has 2 rings (SSSR count). The highest BCUT2D eigenvalue weighted by molar-refractivity contribution is 9.10. The van der Waals surface area contributed by atoms with Crippen LogP contribution in [0.15, 0.2) is 46.0 Å². The summed E-state index contributed by atoms with van der Waals surface area (Å²) >= 11 is 3.40. The minimum Gasteiger partial charge on any atom is -0.496 e. The van der Waals surface area contributed by atoms with Crippen LogP contribution < -0.4 is 19.6 Å². The largest absolute Gasteiger partial charge is 0.496 e. The zero-order valence-corrected chi connectivity index (χ0v) is 15.8. The third-order valence-corrected chi connectivity index (χ3v) is 3.88. The number of halogens is 1. The topological polar surface area (TPSA) is 69.2 Å². The second-order valence-corrected chi connectivity index (χ2v) is 5.98. The summed E-state index contributed by atoms with van der Waals surface area (Å²) in [7, 11) is 3.12. The molecule has 1 amide bonds. The molecule has 0 heterocycles. The Hall–Kier alpha value is -2.54. The number of benzene rings is 2. The van der Waals surface area contributed by atoms with Gasteiger partial charge in [-0.3, -0.25) is 4.79 Å². The van der Waals surface area contributed by atoms with Crippen molar-refractivity contribution in [3.05, 3.63) is 52.0 Å². The lowest BCUT2D eigenvalue weighted by atomic mass is 10.2. The fourth-order valence-corrected chi connectivity index (χ4v) is 2.57. The van der Waals surface area contributed by atoms with E-state index in [1.807, 2.05) is 25.1 Å². The van der Waals surface area contributed by atoms with Gasteiger partial charge >= 0.3 is 0 Å². The maximum Gasteiger partial charge on any atom is 0.277 e. The molecule has 0 saturated carbocycles. The van der Waals surface area contributed by atoms with Crippen molar-refractivity contribution < 1.29 is 19.0 Å². The van der Waals surface area contributed by atoms with Crippen molar-refractivity contribution in [3.63, 3.8) is 0 Å². The van der Waals surface area contributed by atoms with E-state index in [-0.39, 0.29) is 12.5 Å². The SMILES string of the molecule is COc1cc(OC)c(C=NNC(=O)COc2cccc(C)c2)cc1Br. The second-order valence-electron chi connectivity index (χ2n) is 5.13. The first-order valence-corrected chi connectivity index (χ1v) is 8.25. The molecule has 1 N–H and O–H groups in total. The number of nitrogens with zero attached hydrogens (tertiary/aromatic N) is 1. The molecule has 0 bridgehead atoms. The van der Waals surface area contributed by atoms with Crippen molar-refractivity contribution in [2.45, 2.75) is 6.92 Å². The van der Waals surface area contributed by atoms with E-state index in [0.29, 0.717) is 22.8 Å². The molecule has 0 radical (unpaired) electrons. The average Bonchev–Trinajstić information content (AvgIpc) is 2.60. The van der Waals surface area contributed by atoms with Crippen molar-refractivity contribution in [3.8, 4) is 17.2 Å². The summed E-state index contributed by atoms with van der Waals surface area (Å²) in [5, 5.41) is 3.93. The minimum absolute atomic E-state index is 0.121. The minimum atomic E-state index is -0.357. The Bertz CT molecular complexity index is 778. The Morgan fingerprint density at radius 1 is 1.20 bits per heavy atom. The van der Waals surface area contributed by atoms with Crippen LogP contribution in [-0.4, -0.2) is 32.9 Å². The number of hydrogen-bond acceptors (Lipinski definition) is 5. The van der Waals surface area contributed by atoms with Crippen molar-refractivity contribution in [1.82, 2.24) is 5.43 Å². The molecule has 0 aliphatic heterocycles. The maximum absolute atomic E-state index is 11.8. The Morgan fingerprint density at radius 2 is 1.96 bits per heavy atom. The van der Waals surface area contributed by atoms with Crippen LogP contribution in [0.5, 0.6) is 17.2 Å². The zero-order chi connectivity index (χ0) is 18.2. The normalized spacial score (nSPS) is 10.6. The van der Waals surface area contributed by atoms with E-state index in [9.17, 15) is 4.79 Å². The number of amides is 1. The summed E-state index contributed by atoms with van der Waals surface area (Å²) in [6.07, 6.45) is 1.49. The van der Waals surface area contributed by atoms with Crippen LogP contribution in [0.2, 0.25) is 0 Å². The number of carbonyl (C=O) groups is 1. The van der Waals surface area contributed by atoms with Crippen molar-refractivity contribution in [2.24, 2.45) is 5.10 Å². The highest BCUT2D eigenvalue weighted by Crippen LogP contribution is 2.31. The Balaban J connectivity index is 1.94. The van der Waals surface area contributed by atoms with Crippen molar-refractivity contribution in [1.29, 1.82) is 0 Å². The van der Waals surface area contributed by atoms with Crippen LogP contribution in [0.4, 0.5) is 0 Å². The van der Waals surface area contributed by atoms with E-state index in [2.05, 4.69) is 26.5 Å². The van der Waals surface area contributed by atoms with Gasteiger partial charge in [-0.05, 0) is 46.6 Å². The standard InChI is InChI=1S/C18H19BrN2O4/c1-12-5-4-6-14(7-12)25-11-18(22)21-20-10-13-8-15(19)17(24-3)9-16(13)23-2/h4-10H,11H2,1-3H3,(H,21,22). The first-order valence-electron chi connectivity index (χ1n) is 7.46. The van der Waals surface area contributed by atoms with Crippen LogP contribution in [0.3, 0.4) is 0 Å². The van der Waals surface area contributed by atoms with Gasteiger partial charge in [0.05, 0.1) is 24.9 Å². The molecule has 0 atom stereocenters. The molecule has 0 unspecified atom stereocenters. The molecule has 0 aromatic heterocycles. The number of methoxy groups -OCH3 is 2. The highest BCUT2D eigenvalue weighted by Gasteiger charge is 2.08. The summed E-state index contributed by atoms with van der Waals surface area (Å²) in [4.78, 5) is 11.8. The van der Waals surface area contributed by atoms with E-state index in [1.165, 1.54) is 6.21 Å². The van der Waals surface area contributed by atoms with Gasteiger partial charge < -0.3 is 14.2 Å². The van der Waals surface area contributed by atoms with E-state index in [0.717, 1.165) is 10.0 Å². The molecule has 2 aromatic rings. The third kappa shape index (κ3) is 5.49. The second kappa shape index (κ2) is 9.08. The summed E-state index contributed by atoms with van der Waals surface area (Å²) < 4.78 is 16.7. The first-order chi connectivity index (χ1) is 12.0. The van der Waals surface area contributed by atoms with Gasteiger partial charge in [0, 0.05) is 11.6 Å². The zero-order valence-electron chi connectivity index (χ0n) is 14.2. The van der Waals surface area contributed by atoms with E-state index >= 15 is 0 Å². The Kier molecular flexibility index (Phi) is 6.82. The number of hydrogen-bond donors (Lipinski definition) is 1. The van der Waals surface area contributed by atoms with Crippen LogP contribution in [0.1, 0.15) is 11.1 Å². The number of ether oxygens (including phenoxy) is 3. The molecule has 2 aromatic carbocycles. The Morgan fingerprint density at radius 3 is 2.64 bits per heavy atom. The molecule has 0 saturated heterocycles. The quantitative estimate of drug-likeness (QED) is 0.565. The first kappa shape index (κ1) is 18.8. The maximum atomic E-state index is 11.8. The van der Waals surface area contributed by atoms with Gasteiger partial charge in [-0.25, -0.2) is 5.43 Å². The molecule has 7 heteroatoms. The molecule has 0 aliphatic rings. The molecule has 0 spiro atoms. The monoisotopic (exact) mass is 406 g/mol. The van der Waals surface area contributed by atoms with E-state index in [4.69, 9.17) is 14.2 Å². The predicted octanol–water partition coefficient (Wildman–Crippen LogP) is 3.30. The van der Waals surface area contributed by atoms with Gasteiger partial charge in [0.15, 0.2) is 6.61 Å². The summed E-state index contributed by atoms with van der Waals surface area (Å²) in [6.45, 7) is 1.84. The smallest absolute Gasteiger partial charge is 0.277 e. The molecule has 132 valence electrons. The summed E-state index contributed by atoms with van der Waals surface area (Å²) in [5.74, 6) is 1.50. The lowest BCUT2D eigenvalue weighted by molar-refractivity contribution is -0.123. The lowest BCUT2D eigenvalue weighted by Gasteiger charge is -2.09. The van der Waals surface area contributed by atoms with Crippen molar-refractivity contribution in [2.75, 3.05) is 20.8 Å². The Labute approximate surface area is 154 Å². The summed E-state index contributed by atoms with van der Waals surface area (Å²) in [6, 6.07) is 11.0. The molecular formula is C18H19BrN2O4. The van der Waals surface area contributed by atoms with Crippen LogP contribution in [-0.2, 0) is 4.79 Å². The summed E-state index contributed by atoms with van der Waals surface area (Å²) in [5.41, 5.74) is 4.17. The average molecular weight is 407 g/mol. The van der Waals surface area contributed by atoms with E-state index in [1.54, 1.807) is 32.4 Å². The van der Waals surface area contributed by atoms with Gasteiger partial charge in [-0.1, -0.05) is 12.1 Å². The predicted molar refractivity (Wildman–Crippen MR) is 99.7 cm³/mol. The molecule has 25 heavy (non-hydrogen) atoms. The lowest BCUT2D eigenvalue weighted by Crippen LogP contribution is -2.24. The molecular weight excluding hydrogens is 388 g/mol. The van der Waals surface area contributed by atoms with Gasteiger partial charge in [0.1, 0.15) is 17.2 Å². The number of rotatable bonds is 7. The third-order valence-electron chi connectivity index (χ3n) is 3.26. The van der Waals surface area contributed by atoms with Crippen LogP contribution in [0.25, 0.3) is 0 Å². The van der Waals surface area contributed by atoms with Gasteiger partial charge in [-0.2, -0.15) is 5.10 Å². The number of nitrogens with one attached hydrogen (secondary N) is 1. The van der Waals surface area contributed by atoms with Gasteiger partial charge in [-0.15, -0.1) is 0 Å².